The molecule has 37 heavy (non-hydrogen) atoms. The van der Waals surface area contributed by atoms with Crippen molar-refractivity contribution in [2.24, 2.45) is 12.5 Å². The molecule has 5 heterocycles. The minimum Gasteiger partial charge on any atom is -0.379 e. The predicted molar refractivity (Wildman–Crippen MR) is 145 cm³/mol. The molecule has 2 aliphatic heterocycles. The Hall–Kier alpha value is -2.45. The molecule has 8 rings (SSSR count). The summed E-state index contributed by atoms with van der Waals surface area (Å²) in [4.78, 5) is 10.1. The molecule has 0 radical (unpaired) electrons. The molecule has 1 saturated heterocycles. The zero-order valence-electron chi connectivity index (χ0n) is 23.0. The molecule has 198 valence electrons. The van der Waals surface area contributed by atoms with E-state index in [2.05, 4.69) is 46.4 Å². The van der Waals surface area contributed by atoms with Crippen LogP contribution in [0.25, 0.3) is 11.0 Å². The highest BCUT2D eigenvalue weighted by atomic mass is 16.5. The number of hydrogen-bond donors (Lipinski definition) is 0. The zero-order valence-corrected chi connectivity index (χ0v) is 23.0. The zero-order chi connectivity index (χ0) is 25.4. The molecule has 0 unspecified atom stereocenters. The Kier molecular flexibility index (Phi) is 5.45. The lowest BCUT2D eigenvalue weighted by molar-refractivity contribution is -0.119. The molecule has 4 fully saturated rings. The van der Waals surface area contributed by atoms with E-state index in [1.165, 1.54) is 61.2 Å². The molecular formula is C29H41N7O. The monoisotopic (exact) mass is 503 g/mol. The van der Waals surface area contributed by atoms with Crippen LogP contribution in [-0.2, 0) is 31.3 Å². The van der Waals surface area contributed by atoms with Crippen molar-refractivity contribution in [2.75, 3.05) is 31.2 Å². The lowest BCUT2D eigenvalue weighted by Gasteiger charge is -2.59. The van der Waals surface area contributed by atoms with Crippen molar-refractivity contribution in [1.29, 1.82) is 0 Å². The highest BCUT2D eigenvalue weighted by Crippen LogP contribution is 2.56. The van der Waals surface area contributed by atoms with Crippen LogP contribution in [-0.4, -0.2) is 67.3 Å². The van der Waals surface area contributed by atoms with Crippen molar-refractivity contribution in [2.45, 2.75) is 90.4 Å². The first-order valence-electron chi connectivity index (χ1n) is 14.3. The number of anilines is 1. The number of ether oxygens (including phenoxy) is 1. The van der Waals surface area contributed by atoms with Crippen LogP contribution in [0.1, 0.15) is 68.1 Å². The van der Waals surface area contributed by atoms with Gasteiger partial charge in [-0.3, -0.25) is 14.3 Å². The number of aromatic nitrogens is 5. The summed E-state index contributed by atoms with van der Waals surface area (Å²) in [6.45, 7) is 12.6. The lowest BCUT2D eigenvalue weighted by Crippen LogP contribution is -2.62. The van der Waals surface area contributed by atoms with E-state index in [0.29, 0.717) is 17.0 Å². The molecule has 2 bridgehead atoms. The van der Waals surface area contributed by atoms with Gasteiger partial charge >= 0.3 is 0 Å². The summed E-state index contributed by atoms with van der Waals surface area (Å²) in [6, 6.07) is 2.78. The minimum atomic E-state index is 0.421. The van der Waals surface area contributed by atoms with E-state index in [0.717, 1.165) is 62.5 Å². The van der Waals surface area contributed by atoms with Gasteiger partial charge in [0, 0.05) is 68.2 Å². The molecule has 0 aromatic carbocycles. The Labute approximate surface area is 220 Å². The third-order valence-electron chi connectivity index (χ3n) is 10.3. The number of aryl methyl sites for hydroxylation is 3. The van der Waals surface area contributed by atoms with Gasteiger partial charge in [0.05, 0.1) is 36.2 Å². The Bertz CT molecular complexity index is 1320. The Morgan fingerprint density at radius 2 is 1.86 bits per heavy atom. The van der Waals surface area contributed by atoms with Gasteiger partial charge in [0.15, 0.2) is 5.65 Å². The van der Waals surface area contributed by atoms with Gasteiger partial charge in [0.1, 0.15) is 0 Å². The van der Waals surface area contributed by atoms with Gasteiger partial charge < -0.3 is 9.64 Å². The first-order chi connectivity index (χ1) is 17.9. The topological polar surface area (TPSA) is 64.2 Å². The third kappa shape index (κ3) is 3.74. The summed E-state index contributed by atoms with van der Waals surface area (Å²) in [7, 11) is 1.97. The summed E-state index contributed by atoms with van der Waals surface area (Å²) in [5, 5.41) is 10.8. The summed E-state index contributed by atoms with van der Waals surface area (Å²) < 4.78 is 10.1. The van der Waals surface area contributed by atoms with Gasteiger partial charge in [0.2, 0.25) is 0 Å². The van der Waals surface area contributed by atoms with Gasteiger partial charge in [-0.15, -0.1) is 0 Å². The summed E-state index contributed by atoms with van der Waals surface area (Å²) >= 11 is 0. The maximum atomic E-state index is 5.76. The quantitative estimate of drug-likeness (QED) is 0.533. The van der Waals surface area contributed by atoms with Crippen molar-refractivity contribution < 1.29 is 4.74 Å². The Morgan fingerprint density at radius 1 is 1.08 bits per heavy atom. The fourth-order valence-electron chi connectivity index (χ4n) is 8.14. The Balaban J connectivity index is 1.11. The van der Waals surface area contributed by atoms with E-state index in [9.17, 15) is 0 Å². The van der Waals surface area contributed by atoms with Crippen molar-refractivity contribution in [3.63, 3.8) is 0 Å². The number of hydrogen-bond acceptors (Lipinski definition) is 6. The summed E-state index contributed by atoms with van der Waals surface area (Å²) in [6.07, 6.45) is 11.1. The fraction of sp³-hybridized carbons (Fsp3) is 0.690. The third-order valence-corrected chi connectivity index (χ3v) is 10.3. The smallest absolute Gasteiger partial charge is 0.159 e. The van der Waals surface area contributed by atoms with Crippen LogP contribution in [0.3, 0.4) is 0 Å². The van der Waals surface area contributed by atoms with Crippen LogP contribution in [0, 0.1) is 19.3 Å². The lowest BCUT2D eigenvalue weighted by atomic mass is 9.56. The first-order valence-corrected chi connectivity index (χ1v) is 14.3. The normalized spacial score (nSPS) is 30.3. The maximum absolute atomic E-state index is 5.76. The molecule has 0 amide bonds. The number of rotatable bonds is 4. The second-order valence-corrected chi connectivity index (χ2v) is 12.5. The molecule has 3 aromatic heterocycles. The highest BCUT2D eigenvalue weighted by Gasteiger charge is 2.52. The van der Waals surface area contributed by atoms with E-state index in [1.807, 2.05) is 17.9 Å². The van der Waals surface area contributed by atoms with Crippen LogP contribution in [0.15, 0.2) is 12.3 Å². The van der Waals surface area contributed by atoms with Crippen LogP contribution in [0.4, 0.5) is 5.69 Å². The second kappa shape index (κ2) is 8.53. The molecule has 0 spiro atoms. The molecule has 1 atom stereocenters. The van der Waals surface area contributed by atoms with E-state index < -0.39 is 0 Å². The Morgan fingerprint density at radius 3 is 2.62 bits per heavy atom. The highest BCUT2D eigenvalue weighted by molar-refractivity contribution is 5.89. The van der Waals surface area contributed by atoms with Crippen LogP contribution in [0.5, 0.6) is 0 Å². The van der Waals surface area contributed by atoms with Gasteiger partial charge in [-0.1, -0.05) is 0 Å². The largest absolute Gasteiger partial charge is 0.379 e. The van der Waals surface area contributed by atoms with Crippen molar-refractivity contribution in [3.05, 3.63) is 34.9 Å². The van der Waals surface area contributed by atoms with Gasteiger partial charge in [-0.2, -0.15) is 10.2 Å². The number of fused-ring (bicyclic) bond motifs is 5. The van der Waals surface area contributed by atoms with Gasteiger partial charge in [0.25, 0.3) is 0 Å². The standard InChI is InChI=1S/C29H41N7O/c1-20-15-26(23-16-30-33(4)27(23)31-20)34-12-5-25-24(17-34)22(3)32-36(25)19-28-6-9-29(10-7-28,11-8-28)35-13-14-37-18-21(35)2/h15-16,21H,5-14,17-19H2,1-4H3/t21-,28?,29?/m0/s1. The molecule has 8 heteroatoms. The molecule has 3 saturated carbocycles. The van der Waals surface area contributed by atoms with Crippen LogP contribution >= 0.6 is 0 Å². The molecule has 3 aliphatic carbocycles. The molecule has 8 nitrogen and oxygen atoms in total. The second-order valence-electron chi connectivity index (χ2n) is 12.5. The summed E-state index contributed by atoms with van der Waals surface area (Å²) in [5.74, 6) is 0. The number of nitrogens with zero attached hydrogens (tertiary/aromatic N) is 7. The van der Waals surface area contributed by atoms with Crippen LogP contribution < -0.4 is 4.90 Å². The predicted octanol–water partition coefficient (Wildman–Crippen LogP) is 4.16. The van der Waals surface area contributed by atoms with E-state index in [1.54, 1.807) is 0 Å². The summed E-state index contributed by atoms with van der Waals surface area (Å²) in [5.41, 5.74) is 8.20. The van der Waals surface area contributed by atoms with Crippen molar-refractivity contribution in [1.82, 2.24) is 29.4 Å². The maximum Gasteiger partial charge on any atom is 0.159 e. The van der Waals surface area contributed by atoms with E-state index in [-0.39, 0.29) is 0 Å². The van der Waals surface area contributed by atoms with E-state index in [4.69, 9.17) is 14.8 Å². The van der Waals surface area contributed by atoms with E-state index >= 15 is 0 Å². The van der Waals surface area contributed by atoms with Gasteiger partial charge in [-0.25, -0.2) is 4.98 Å². The fourth-order valence-corrected chi connectivity index (χ4v) is 8.14. The average molecular weight is 504 g/mol. The number of pyridine rings is 1. The van der Waals surface area contributed by atoms with Gasteiger partial charge in [-0.05, 0) is 70.8 Å². The first kappa shape index (κ1) is 23.7. The molecule has 5 aliphatic rings. The number of morpholine rings is 1. The molecule has 0 N–H and O–H groups in total. The molecular weight excluding hydrogens is 462 g/mol. The van der Waals surface area contributed by atoms with Crippen molar-refractivity contribution >= 4 is 16.7 Å². The van der Waals surface area contributed by atoms with Crippen molar-refractivity contribution in [3.8, 4) is 0 Å². The SMILES string of the molecule is Cc1cc(N2CCc3c(c(C)nn3CC34CCC(N5CCOC[C@@H]5C)(CC3)CC4)C2)c2cnn(C)c2n1. The minimum absolute atomic E-state index is 0.421. The average Bonchev–Trinajstić information content (AvgIpc) is 3.43. The van der Waals surface area contributed by atoms with Crippen LogP contribution in [0.2, 0.25) is 0 Å². The molecule has 3 aromatic rings.